The quantitative estimate of drug-likeness (QED) is 0.332. The molecule has 0 aromatic heterocycles. The summed E-state index contributed by atoms with van der Waals surface area (Å²) in [5, 5.41) is 14.0. The van der Waals surface area contributed by atoms with Crippen LogP contribution in [-0.4, -0.2) is 38.1 Å². The standard InChI is InChI=1S/C23H26F4N2O4S/c1-4-33-28-15(2)13-19-9-5-16-14-17(22(3,30)23(25,26)27)6-12-21(16)29(19)34(31,32)20-10-7-18(24)8-11-20/h6-8,10-12,14,19,30H,4-5,9,13H2,1-3H3/b28-15+/t19-,22?/m0/s1. The van der Waals surface area contributed by atoms with Crippen LogP contribution in [-0.2, 0) is 26.9 Å². The van der Waals surface area contributed by atoms with Crippen LogP contribution < -0.4 is 4.31 Å². The second-order valence-electron chi connectivity index (χ2n) is 8.31. The van der Waals surface area contributed by atoms with Crippen LogP contribution in [0.25, 0.3) is 0 Å². The van der Waals surface area contributed by atoms with Crippen LogP contribution >= 0.6 is 0 Å². The van der Waals surface area contributed by atoms with Crippen LogP contribution in [0.2, 0.25) is 0 Å². The topological polar surface area (TPSA) is 79.2 Å². The molecule has 1 aliphatic heterocycles. The van der Waals surface area contributed by atoms with E-state index in [-0.39, 0.29) is 22.6 Å². The average molecular weight is 503 g/mol. The number of nitrogens with zero attached hydrogens (tertiary/aromatic N) is 2. The van der Waals surface area contributed by atoms with E-state index < -0.39 is 33.7 Å². The molecular weight excluding hydrogens is 476 g/mol. The first-order valence-corrected chi connectivity index (χ1v) is 12.1. The number of anilines is 1. The van der Waals surface area contributed by atoms with Crippen LogP contribution in [0.4, 0.5) is 23.2 Å². The molecular formula is C23H26F4N2O4S. The Morgan fingerprint density at radius 1 is 1.21 bits per heavy atom. The molecule has 0 amide bonds. The van der Waals surface area contributed by atoms with Crippen molar-refractivity contribution in [1.82, 2.24) is 0 Å². The van der Waals surface area contributed by atoms with Crippen molar-refractivity contribution in [1.29, 1.82) is 0 Å². The maximum atomic E-state index is 13.6. The molecule has 2 aromatic rings. The number of aliphatic hydroxyl groups is 1. The van der Waals surface area contributed by atoms with Gasteiger partial charge in [-0.05, 0) is 75.1 Å². The Balaban J connectivity index is 2.11. The molecule has 1 unspecified atom stereocenters. The second-order valence-corrected chi connectivity index (χ2v) is 10.1. The third-order valence-corrected chi connectivity index (χ3v) is 7.64. The van der Waals surface area contributed by atoms with E-state index in [4.69, 9.17) is 4.84 Å². The van der Waals surface area contributed by atoms with Gasteiger partial charge in [-0.2, -0.15) is 13.2 Å². The lowest BCUT2D eigenvalue weighted by Crippen LogP contribution is -2.45. The van der Waals surface area contributed by atoms with Crippen molar-refractivity contribution in [2.24, 2.45) is 5.16 Å². The molecule has 6 nitrogen and oxygen atoms in total. The summed E-state index contributed by atoms with van der Waals surface area (Å²) in [4.78, 5) is 4.90. The molecule has 3 rings (SSSR count). The normalized spacial score (nSPS) is 18.9. The van der Waals surface area contributed by atoms with Gasteiger partial charge in [-0.25, -0.2) is 12.8 Å². The number of halogens is 4. The van der Waals surface area contributed by atoms with Gasteiger partial charge >= 0.3 is 6.18 Å². The van der Waals surface area contributed by atoms with Gasteiger partial charge in [0.1, 0.15) is 12.4 Å². The highest BCUT2D eigenvalue weighted by Gasteiger charge is 2.51. The van der Waals surface area contributed by atoms with Gasteiger partial charge in [-0.3, -0.25) is 4.31 Å². The largest absolute Gasteiger partial charge is 0.421 e. The van der Waals surface area contributed by atoms with Crippen LogP contribution in [0.3, 0.4) is 0 Å². The average Bonchev–Trinajstić information content (AvgIpc) is 2.76. The summed E-state index contributed by atoms with van der Waals surface area (Å²) < 4.78 is 81.9. The zero-order valence-electron chi connectivity index (χ0n) is 18.9. The van der Waals surface area contributed by atoms with Crippen LogP contribution in [0.5, 0.6) is 0 Å². The third-order valence-electron chi connectivity index (χ3n) is 5.76. The molecule has 1 heterocycles. The highest BCUT2D eigenvalue weighted by Crippen LogP contribution is 2.43. The molecule has 0 fully saturated rings. The van der Waals surface area contributed by atoms with Gasteiger partial charge in [-0.15, -0.1) is 0 Å². The van der Waals surface area contributed by atoms with E-state index in [9.17, 15) is 31.1 Å². The number of benzene rings is 2. The highest BCUT2D eigenvalue weighted by molar-refractivity contribution is 7.92. The van der Waals surface area contributed by atoms with Crippen molar-refractivity contribution in [2.75, 3.05) is 10.9 Å². The Kier molecular flexibility index (Phi) is 7.28. The Morgan fingerprint density at radius 2 is 1.85 bits per heavy atom. The monoisotopic (exact) mass is 502 g/mol. The summed E-state index contributed by atoms with van der Waals surface area (Å²) in [6.07, 6.45) is -4.10. The van der Waals surface area contributed by atoms with Crippen LogP contribution in [0, 0.1) is 5.82 Å². The molecule has 1 N–H and O–H groups in total. The van der Waals surface area contributed by atoms with E-state index in [0.29, 0.717) is 37.6 Å². The van der Waals surface area contributed by atoms with Gasteiger partial charge in [0, 0.05) is 6.42 Å². The van der Waals surface area contributed by atoms with Crippen molar-refractivity contribution in [3.8, 4) is 0 Å². The van der Waals surface area contributed by atoms with E-state index in [1.54, 1.807) is 13.8 Å². The fraction of sp³-hybridized carbons (Fsp3) is 0.435. The molecule has 2 aromatic carbocycles. The minimum absolute atomic E-state index is 0.155. The van der Waals surface area contributed by atoms with E-state index >= 15 is 0 Å². The second kappa shape index (κ2) is 9.53. The molecule has 0 bridgehead atoms. The SMILES string of the molecule is CCO/N=C(\C)C[C@@H]1CCc2cc(C(C)(O)C(F)(F)F)ccc2N1S(=O)(=O)c1ccc(F)cc1. The van der Waals surface area contributed by atoms with E-state index in [2.05, 4.69) is 5.16 Å². The highest BCUT2D eigenvalue weighted by atomic mass is 32.2. The number of oxime groups is 1. The molecule has 0 spiro atoms. The number of sulfonamides is 1. The minimum atomic E-state index is -4.91. The number of alkyl halides is 3. The Morgan fingerprint density at radius 3 is 2.44 bits per heavy atom. The third kappa shape index (κ3) is 5.05. The molecule has 2 atom stereocenters. The van der Waals surface area contributed by atoms with Crippen molar-refractivity contribution in [3.05, 3.63) is 59.4 Å². The van der Waals surface area contributed by atoms with Crippen molar-refractivity contribution >= 4 is 21.4 Å². The number of hydrogen-bond donors (Lipinski definition) is 1. The van der Waals surface area contributed by atoms with Crippen molar-refractivity contribution in [2.45, 2.75) is 62.7 Å². The van der Waals surface area contributed by atoms with Gasteiger partial charge in [0.15, 0.2) is 5.60 Å². The van der Waals surface area contributed by atoms with Crippen LogP contribution in [0.1, 0.15) is 44.7 Å². The predicted molar refractivity (Wildman–Crippen MR) is 120 cm³/mol. The molecule has 11 heteroatoms. The molecule has 34 heavy (non-hydrogen) atoms. The maximum Gasteiger partial charge on any atom is 0.421 e. The zero-order valence-corrected chi connectivity index (χ0v) is 19.8. The smallest absolute Gasteiger partial charge is 0.396 e. The lowest BCUT2D eigenvalue weighted by atomic mass is 9.89. The molecule has 186 valence electrons. The van der Waals surface area contributed by atoms with E-state index in [0.717, 1.165) is 34.6 Å². The Labute approximate surface area is 195 Å². The Hall–Kier alpha value is -2.66. The molecule has 0 radical (unpaired) electrons. The summed E-state index contributed by atoms with van der Waals surface area (Å²) in [7, 11) is -4.20. The Bertz CT molecular complexity index is 1160. The molecule has 1 aliphatic rings. The van der Waals surface area contributed by atoms with Gasteiger partial charge in [0.05, 0.1) is 22.3 Å². The van der Waals surface area contributed by atoms with Gasteiger partial charge in [0.2, 0.25) is 0 Å². The van der Waals surface area contributed by atoms with Crippen molar-refractivity contribution < 1.29 is 35.9 Å². The van der Waals surface area contributed by atoms with E-state index in [1.807, 2.05) is 0 Å². The first kappa shape index (κ1) is 26.0. The molecule has 0 saturated carbocycles. The summed E-state index contributed by atoms with van der Waals surface area (Å²) in [5.41, 5.74) is -2.38. The maximum absolute atomic E-state index is 13.6. The predicted octanol–water partition coefficient (Wildman–Crippen LogP) is 4.91. The van der Waals surface area contributed by atoms with Gasteiger partial charge < -0.3 is 9.94 Å². The molecule has 0 saturated heterocycles. The number of fused-ring (bicyclic) bond motifs is 1. The van der Waals surface area contributed by atoms with Gasteiger partial charge in [0.25, 0.3) is 10.0 Å². The summed E-state index contributed by atoms with van der Waals surface area (Å²) in [6.45, 7) is 4.44. The number of rotatable bonds is 7. The first-order chi connectivity index (χ1) is 15.8. The molecule has 0 aliphatic carbocycles. The number of hydrogen-bond acceptors (Lipinski definition) is 5. The fourth-order valence-electron chi connectivity index (χ4n) is 3.89. The summed E-state index contributed by atoms with van der Waals surface area (Å²) in [5.74, 6) is -0.603. The fourth-order valence-corrected chi connectivity index (χ4v) is 5.60. The van der Waals surface area contributed by atoms with Crippen LogP contribution in [0.15, 0.2) is 52.5 Å². The van der Waals surface area contributed by atoms with Gasteiger partial charge in [-0.1, -0.05) is 17.3 Å². The number of aryl methyl sites for hydroxylation is 1. The zero-order chi connectivity index (χ0) is 25.3. The van der Waals surface area contributed by atoms with Crippen molar-refractivity contribution in [3.63, 3.8) is 0 Å². The lowest BCUT2D eigenvalue weighted by Gasteiger charge is -2.38. The first-order valence-electron chi connectivity index (χ1n) is 10.7. The minimum Gasteiger partial charge on any atom is -0.396 e. The summed E-state index contributed by atoms with van der Waals surface area (Å²) >= 11 is 0. The summed E-state index contributed by atoms with van der Waals surface area (Å²) in [6, 6.07) is 7.26. The van der Waals surface area contributed by atoms with E-state index in [1.165, 1.54) is 12.1 Å². The lowest BCUT2D eigenvalue weighted by molar-refractivity contribution is -0.258.